The molecule has 3 saturated heterocycles. The highest BCUT2D eigenvalue weighted by Gasteiger charge is 2.56. The number of likely N-dealkylation sites (tertiary alicyclic amines) is 1. The third kappa shape index (κ3) is 3.43. The van der Waals surface area contributed by atoms with E-state index in [0.717, 1.165) is 63.7 Å². The summed E-state index contributed by atoms with van der Waals surface area (Å²) in [6.07, 6.45) is 3.57. The molecule has 1 spiro atoms. The lowest BCUT2D eigenvalue weighted by molar-refractivity contribution is -0.0368. The molecule has 3 aliphatic rings. The highest BCUT2D eigenvalue weighted by atomic mass is 32.1. The van der Waals surface area contributed by atoms with Crippen LogP contribution in [0.1, 0.15) is 23.4 Å². The Morgan fingerprint density at radius 2 is 1.89 bits per heavy atom. The maximum absolute atomic E-state index is 12.5. The lowest BCUT2D eigenvalue weighted by atomic mass is 9.83. The van der Waals surface area contributed by atoms with Gasteiger partial charge in [0.2, 0.25) is 0 Å². The number of hydrogen-bond donors (Lipinski definition) is 0. The summed E-state index contributed by atoms with van der Waals surface area (Å²) in [7, 11) is 0. The van der Waals surface area contributed by atoms with E-state index in [2.05, 4.69) is 45.1 Å². The summed E-state index contributed by atoms with van der Waals surface area (Å²) in [4.78, 5) is 23.8. The van der Waals surface area contributed by atoms with Crippen molar-refractivity contribution in [2.24, 2.45) is 0 Å². The van der Waals surface area contributed by atoms with Crippen molar-refractivity contribution in [2.45, 2.75) is 37.6 Å². The molecule has 0 bridgehead atoms. The molecule has 4 heterocycles. The number of carbonyl (C=O) groups excluding carboxylic acids is 1. The number of aromatic nitrogens is 1. The molecule has 3 fully saturated rings. The third-order valence-corrected chi connectivity index (χ3v) is 7.15. The van der Waals surface area contributed by atoms with Gasteiger partial charge >= 0.3 is 6.09 Å². The van der Waals surface area contributed by atoms with Crippen LogP contribution >= 0.6 is 11.3 Å². The molecule has 2 aromatic rings. The summed E-state index contributed by atoms with van der Waals surface area (Å²) in [5.74, 6) is 0. The zero-order valence-electron chi connectivity index (χ0n) is 16.0. The van der Waals surface area contributed by atoms with Gasteiger partial charge in [-0.1, -0.05) is 30.3 Å². The molecule has 5 rings (SSSR count). The van der Waals surface area contributed by atoms with Crippen molar-refractivity contribution in [1.82, 2.24) is 19.7 Å². The molecular weight excluding hydrogens is 372 g/mol. The number of carbonyl (C=O) groups is 1. The van der Waals surface area contributed by atoms with Gasteiger partial charge in [-0.3, -0.25) is 14.7 Å². The number of fused-ring (bicyclic) bond motifs is 2. The van der Waals surface area contributed by atoms with Crippen molar-refractivity contribution in [1.29, 1.82) is 0 Å². The van der Waals surface area contributed by atoms with Gasteiger partial charge in [0.25, 0.3) is 0 Å². The predicted molar refractivity (Wildman–Crippen MR) is 108 cm³/mol. The van der Waals surface area contributed by atoms with E-state index in [1.807, 2.05) is 16.5 Å². The molecule has 7 heteroatoms. The summed E-state index contributed by atoms with van der Waals surface area (Å²) < 4.78 is 6.04. The second-order valence-corrected chi connectivity index (χ2v) is 9.04. The monoisotopic (exact) mass is 398 g/mol. The zero-order valence-corrected chi connectivity index (χ0v) is 16.8. The topological polar surface area (TPSA) is 48.9 Å². The molecule has 1 aromatic heterocycles. The highest BCUT2D eigenvalue weighted by molar-refractivity contribution is 7.09. The van der Waals surface area contributed by atoms with Crippen LogP contribution < -0.4 is 0 Å². The van der Waals surface area contributed by atoms with E-state index in [-0.39, 0.29) is 17.7 Å². The van der Waals surface area contributed by atoms with Crippen molar-refractivity contribution in [3.8, 4) is 0 Å². The van der Waals surface area contributed by atoms with Gasteiger partial charge in [-0.25, -0.2) is 9.78 Å². The van der Waals surface area contributed by atoms with Crippen LogP contribution in [0.3, 0.4) is 0 Å². The molecule has 1 atom stereocenters. The van der Waals surface area contributed by atoms with Crippen LogP contribution in [0.25, 0.3) is 0 Å². The van der Waals surface area contributed by atoms with E-state index in [9.17, 15) is 4.79 Å². The number of amides is 1. The zero-order chi connectivity index (χ0) is 19.0. The largest absolute Gasteiger partial charge is 0.440 e. The Morgan fingerprint density at radius 3 is 2.64 bits per heavy atom. The average molecular weight is 399 g/mol. The van der Waals surface area contributed by atoms with E-state index in [4.69, 9.17) is 4.74 Å². The molecule has 0 aliphatic carbocycles. The summed E-state index contributed by atoms with van der Waals surface area (Å²) in [5.41, 5.74) is 1.000. The fourth-order valence-electron chi connectivity index (χ4n) is 4.84. The quantitative estimate of drug-likeness (QED) is 0.793. The van der Waals surface area contributed by atoms with Crippen molar-refractivity contribution in [3.63, 3.8) is 0 Å². The Labute approximate surface area is 169 Å². The minimum absolute atomic E-state index is 0.113. The summed E-state index contributed by atoms with van der Waals surface area (Å²) in [5, 5.41) is 3.19. The van der Waals surface area contributed by atoms with Crippen molar-refractivity contribution >= 4 is 17.4 Å². The van der Waals surface area contributed by atoms with E-state index in [1.54, 1.807) is 11.3 Å². The van der Waals surface area contributed by atoms with Crippen molar-refractivity contribution in [3.05, 3.63) is 52.5 Å². The molecule has 0 saturated carbocycles. The molecule has 0 radical (unpaired) electrons. The van der Waals surface area contributed by atoms with Crippen LogP contribution in [-0.4, -0.2) is 70.1 Å². The van der Waals surface area contributed by atoms with Gasteiger partial charge in [0, 0.05) is 63.7 Å². The first-order valence-electron chi connectivity index (χ1n) is 10.1. The number of piperidine rings is 1. The maximum atomic E-state index is 12.5. The Bertz CT molecular complexity index is 805. The summed E-state index contributed by atoms with van der Waals surface area (Å²) in [6.45, 7) is 6.31. The Morgan fingerprint density at radius 1 is 1.07 bits per heavy atom. The number of ether oxygens (including phenoxy) is 1. The van der Waals surface area contributed by atoms with Gasteiger partial charge in [-0.15, -0.1) is 11.3 Å². The second-order valence-electron chi connectivity index (χ2n) is 8.06. The normalized spacial score (nSPS) is 25.1. The number of hydrogen-bond acceptors (Lipinski definition) is 6. The molecule has 1 aromatic carbocycles. The van der Waals surface area contributed by atoms with Crippen LogP contribution in [-0.2, 0) is 17.8 Å². The number of thiazole rings is 1. The molecule has 28 heavy (non-hydrogen) atoms. The smallest absolute Gasteiger partial charge is 0.410 e. The van der Waals surface area contributed by atoms with Gasteiger partial charge in [0.15, 0.2) is 0 Å². The minimum atomic E-state index is -0.328. The molecule has 1 amide bonds. The predicted octanol–water partition coefficient (Wildman–Crippen LogP) is 2.81. The number of nitrogens with zero attached hydrogens (tertiary/aromatic N) is 4. The van der Waals surface area contributed by atoms with Crippen molar-refractivity contribution in [2.75, 3.05) is 32.7 Å². The van der Waals surface area contributed by atoms with E-state index in [0.29, 0.717) is 0 Å². The molecular formula is C21H26N4O2S. The second kappa shape index (κ2) is 7.46. The lowest BCUT2D eigenvalue weighted by Crippen LogP contribution is -2.60. The average Bonchev–Trinajstić information content (AvgIpc) is 3.32. The van der Waals surface area contributed by atoms with Gasteiger partial charge in [-0.2, -0.15) is 0 Å². The van der Waals surface area contributed by atoms with Crippen molar-refractivity contribution < 1.29 is 9.53 Å². The minimum Gasteiger partial charge on any atom is -0.440 e. The first kappa shape index (κ1) is 18.1. The first-order chi connectivity index (χ1) is 13.7. The number of rotatable bonds is 4. The lowest BCUT2D eigenvalue weighted by Gasteiger charge is -2.45. The fourth-order valence-corrected chi connectivity index (χ4v) is 5.50. The number of piperazine rings is 1. The maximum Gasteiger partial charge on any atom is 0.410 e. The van der Waals surface area contributed by atoms with Gasteiger partial charge in [0.05, 0.1) is 12.6 Å². The summed E-state index contributed by atoms with van der Waals surface area (Å²) >= 11 is 1.71. The van der Waals surface area contributed by atoms with E-state index in [1.165, 1.54) is 5.56 Å². The number of benzene rings is 1. The molecule has 3 aliphatic heterocycles. The van der Waals surface area contributed by atoms with E-state index < -0.39 is 0 Å². The Kier molecular flexibility index (Phi) is 4.82. The highest BCUT2D eigenvalue weighted by Crippen LogP contribution is 2.40. The van der Waals surface area contributed by atoms with Gasteiger partial charge < -0.3 is 4.74 Å². The van der Waals surface area contributed by atoms with Crippen LogP contribution in [0.2, 0.25) is 0 Å². The SMILES string of the molecule is O=C1OC2(CCN(Cc3nccs3)CC2)C2CN(Cc3ccccc3)CCN12. The van der Waals surface area contributed by atoms with Gasteiger partial charge in [0.1, 0.15) is 10.6 Å². The fraction of sp³-hybridized carbons (Fsp3) is 0.524. The Hall–Kier alpha value is -1.96. The van der Waals surface area contributed by atoms with Crippen LogP contribution in [0.15, 0.2) is 41.9 Å². The molecule has 6 nitrogen and oxygen atoms in total. The third-order valence-electron chi connectivity index (χ3n) is 6.39. The molecule has 0 N–H and O–H groups in total. The van der Waals surface area contributed by atoms with Gasteiger partial charge in [-0.05, 0) is 5.56 Å². The van der Waals surface area contributed by atoms with Crippen LogP contribution in [0.5, 0.6) is 0 Å². The van der Waals surface area contributed by atoms with Crippen LogP contribution in [0.4, 0.5) is 4.79 Å². The first-order valence-corrected chi connectivity index (χ1v) is 11.0. The van der Waals surface area contributed by atoms with E-state index >= 15 is 0 Å². The molecule has 148 valence electrons. The Balaban J connectivity index is 1.26. The van der Waals surface area contributed by atoms with Crippen LogP contribution in [0, 0.1) is 0 Å². The standard InChI is InChI=1S/C21H26N4O2S/c26-20-25-12-11-24(14-17-4-2-1-3-5-17)15-18(25)21(27-20)6-9-23(10-7-21)16-19-22-8-13-28-19/h1-5,8,13,18H,6-7,9-12,14-16H2. The molecule has 1 unspecified atom stereocenters. The summed E-state index contributed by atoms with van der Waals surface area (Å²) in [6, 6.07) is 10.8.